The van der Waals surface area contributed by atoms with Gasteiger partial charge in [0.05, 0.1) is 18.7 Å². The largest absolute Gasteiger partial charge is 0.494 e. The van der Waals surface area contributed by atoms with E-state index in [1.54, 1.807) is 0 Å². The summed E-state index contributed by atoms with van der Waals surface area (Å²) in [6.07, 6.45) is 0.339. The zero-order valence-electron chi connectivity index (χ0n) is 13.3. The Morgan fingerprint density at radius 1 is 1.17 bits per heavy atom. The van der Waals surface area contributed by atoms with Crippen molar-refractivity contribution in [3.05, 3.63) is 59.8 Å². The first-order valence-electron chi connectivity index (χ1n) is 7.75. The topological polar surface area (TPSA) is 54.1 Å². The normalized spacial score (nSPS) is 10.7. The maximum absolute atomic E-state index is 12.3. The number of nitrogens with one attached hydrogen (secondary N) is 2. The van der Waals surface area contributed by atoms with Crippen LogP contribution in [0.3, 0.4) is 0 Å². The van der Waals surface area contributed by atoms with Gasteiger partial charge in [0.15, 0.2) is 0 Å². The molecule has 2 N–H and O–H groups in total. The Labute approximate surface area is 135 Å². The van der Waals surface area contributed by atoms with Gasteiger partial charge in [0.2, 0.25) is 5.91 Å². The quantitative estimate of drug-likeness (QED) is 0.747. The Hall–Kier alpha value is -2.75. The van der Waals surface area contributed by atoms with E-state index in [0.717, 1.165) is 33.6 Å². The molecule has 0 spiro atoms. The van der Waals surface area contributed by atoms with Crippen LogP contribution in [0.15, 0.2) is 48.5 Å². The number of fused-ring (bicyclic) bond motifs is 1. The number of H-pyrrole nitrogens is 1. The summed E-state index contributed by atoms with van der Waals surface area (Å²) >= 11 is 0. The van der Waals surface area contributed by atoms with Gasteiger partial charge in [-0.2, -0.15) is 0 Å². The first-order valence-corrected chi connectivity index (χ1v) is 7.75. The van der Waals surface area contributed by atoms with Crippen molar-refractivity contribution in [1.82, 2.24) is 4.98 Å². The number of aryl methyl sites for hydroxylation is 1. The number of hydrogen-bond donors (Lipinski definition) is 2. The minimum atomic E-state index is -0.0273. The van der Waals surface area contributed by atoms with Gasteiger partial charge in [-0.15, -0.1) is 0 Å². The summed E-state index contributed by atoms with van der Waals surface area (Å²) in [5, 5.41) is 4.03. The molecule has 1 heterocycles. The van der Waals surface area contributed by atoms with E-state index in [2.05, 4.69) is 10.3 Å². The lowest BCUT2D eigenvalue weighted by molar-refractivity contribution is -0.115. The Morgan fingerprint density at radius 3 is 2.70 bits per heavy atom. The van der Waals surface area contributed by atoms with Crippen LogP contribution < -0.4 is 10.1 Å². The number of carbonyl (C=O) groups excluding carboxylic acids is 1. The molecule has 0 fully saturated rings. The molecular formula is C19H20N2O2. The highest BCUT2D eigenvalue weighted by molar-refractivity contribution is 6.02. The van der Waals surface area contributed by atoms with Crippen LogP contribution in [-0.2, 0) is 11.2 Å². The lowest BCUT2D eigenvalue weighted by atomic mass is 10.1. The monoisotopic (exact) mass is 308 g/mol. The number of carbonyl (C=O) groups is 1. The van der Waals surface area contributed by atoms with E-state index in [1.165, 1.54) is 0 Å². The molecule has 0 aliphatic carbocycles. The minimum Gasteiger partial charge on any atom is -0.494 e. The van der Waals surface area contributed by atoms with E-state index < -0.39 is 0 Å². The number of hydrogen-bond acceptors (Lipinski definition) is 2. The van der Waals surface area contributed by atoms with Crippen LogP contribution in [0.4, 0.5) is 5.69 Å². The van der Waals surface area contributed by atoms with Crippen LogP contribution in [0.2, 0.25) is 0 Å². The fourth-order valence-electron chi connectivity index (χ4n) is 2.65. The first-order chi connectivity index (χ1) is 11.2. The molecule has 2 aromatic carbocycles. The van der Waals surface area contributed by atoms with Gasteiger partial charge in [-0.25, -0.2) is 0 Å². The van der Waals surface area contributed by atoms with Gasteiger partial charge in [0, 0.05) is 16.6 Å². The summed E-state index contributed by atoms with van der Waals surface area (Å²) < 4.78 is 5.41. The average Bonchev–Trinajstić information content (AvgIpc) is 2.91. The van der Waals surface area contributed by atoms with Crippen LogP contribution >= 0.6 is 0 Å². The SMILES string of the molecule is CCOc1ccc(CC(=O)Nc2cccc3[nH]c(C)cc23)cc1. The second-order valence-electron chi connectivity index (χ2n) is 5.52. The maximum Gasteiger partial charge on any atom is 0.228 e. The van der Waals surface area contributed by atoms with E-state index in [9.17, 15) is 4.79 Å². The summed E-state index contributed by atoms with van der Waals surface area (Å²) in [5.41, 5.74) is 3.90. The lowest BCUT2D eigenvalue weighted by Gasteiger charge is -2.08. The number of rotatable bonds is 5. The highest BCUT2D eigenvalue weighted by atomic mass is 16.5. The van der Waals surface area contributed by atoms with Crippen molar-refractivity contribution in [2.45, 2.75) is 20.3 Å². The molecule has 0 unspecified atom stereocenters. The summed E-state index contributed by atoms with van der Waals surface area (Å²) in [4.78, 5) is 15.6. The molecule has 1 amide bonds. The second kappa shape index (κ2) is 6.57. The van der Waals surface area contributed by atoms with Crippen molar-refractivity contribution in [2.24, 2.45) is 0 Å². The van der Waals surface area contributed by atoms with Crippen molar-refractivity contribution in [3.8, 4) is 5.75 Å². The van der Waals surface area contributed by atoms with E-state index in [1.807, 2.05) is 62.4 Å². The Bertz CT molecular complexity index is 819. The summed E-state index contributed by atoms with van der Waals surface area (Å²) in [6.45, 7) is 4.59. The molecule has 0 bridgehead atoms. The van der Waals surface area contributed by atoms with Crippen molar-refractivity contribution < 1.29 is 9.53 Å². The smallest absolute Gasteiger partial charge is 0.228 e. The molecule has 3 aromatic rings. The maximum atomic E-state index is 12.3. The van der Waals surface area contributed by atoms with Crippen molar-refractivity contribution in [1.29, 1.82) is 0 Å². The third kappa shape index (κ3) is 3.54. The standard InChI is InChI=1S/C19H20N2O2/c1-3-23-15-9-7-14(8-10-15)12-19(22)21-18-6-4-5-17-16(18)11-13(2)20-17/h4-11,20H,3,12H2,1-2H3,(H,21,22). The van der Waals surface area contributed by atoms with Crippen molar-refractivity contribution in [3.63, 3.8) is 0 Å². The van der Waals surface area contributed by atoms with Crippen LogP contribution in [0, 0.1) is 6.92 Å². The van der Waals surface area contributed by atoms with E-state index in [0.29, 0.717) is 13.0 Å². The molecule has 0 atom stereocenters. The molecule has 118 valence electrons. The Kier molecular flexibility index (Phi) is 4.33. The van der Waals surface area contributed by atoms with Crippen molar-refractivity contribution in [2.75, 3.05) is 11.9 Å². The zero-order chi connectivity index (χ0) is 16.2. The van der Waals surface area contributed by atoms with Crippen molar-refractivity contribution >= 4 is 22.5 Å². The van der Waals surface area contributed by atoms with Gasteiger partial charge < -0.3 is 15.0 Å². The molecule has 23 heavy (non-hydrogen) atoms. The van der Waals surface area contributed by atoms with Crippen LogP contribution in [0.25, 0.3) is 10.9 Å². The number of benzene rings is 2. The number of ether oxygens (including phenoxy) is 1. The Balaban J connectivity index is 1.71. The molecular weight excluding hydrogens is 288 g/mol. The van der Waals surface area contributed by atoms with Gasteiger partial charge in [-0.3, -0.25) is 4.79 Å². The molecule has 0 radical (unpaired) electrons. The predicted molar refractivity (Wildman–Crippen MR) is 93.0 cm³/mol. The number of amides is 1. The summed E-state index contributed by atoms with van der Waals surface area (Å²) in [7, 11) is 0. The van der Waals surface area contributed by atoms with Crippen LogP contribution in [-0.4, -0.2) is 17.5 Å². The molecule has 3 rings (SSSR count). The second-order valence-corrected chi connectivity index (χ2v) is 5.52. The lowest BCUT2D eigenvalue weighted by Crippen LogP contribution is -2.14. The minimum absolute atomic E-state index is 0.0273. The first kappa shape index (κ1) is 15.2. The fourth-order valence-corrected chi connectivity index (χ4v) is 2.65. The van der Waals surface area contributed by atoms with E-state index in [4.69, 9.17) is 4.74 Å². The third-order valence-corrected chi connectivity index (χ3v) is 3.67. The van der Waals surface area contributed by atoms with E-state index >= 15 is 0 Å². The highest BCUT2D eigenvalue weighted by Gasteiger charge is 2.08. The molecule has 4 nitrogen and oxygen atoms in total. The van der Waals surface area contributed by atoms with Crippen LogP contribution in [0.1, 0.15) is 18.2 Å². The highest BCUT2D eigenvalue weighted by Crippen LogP contribution is 2.24. The van der Waals surface area contributed by atoms with Gasteiger partial charge in [0.1, 0.15) is 5.75 Å². The zero-order valence-corrected chi connectivity index (χ0v) is 13.3. The molecule has 4 heteroatoms. The predicted octanol–water partition coefficient (Wildman–Crippen LogP) is 4.06. The average molecular weight is 308 g/mol. The van der Waals surface area contributed by atoms with Gasteiger partial charge in [0.25, 0.3) is 0 Å². The molecule has 0 saturated heterocycles. The molecule has 0 aliphatic heterocycles. The molecule has 1 aromatic heterocycles. The molecule has 0 aliphatic rings. The number of aromatic nitrogens is 1. The van der Waals surface area contributed by atoms with E-state index in [-0.39, 0.29) is 5.91 Å². The Morgan fingerprint density at radius 2 is 1.96 bits per heavy atom. The van der Waals surface area contributed by atoms with Gasteiger partial charge in [-0.1, -0.05) is 18.2 Å². The molecule has 0 saturated carbocycles. The van der Waals surface area contributed by atoms with Gasteiger partial charge in [-0.05, 0) is 49.7 Å². The number of aromatic amines is 1. The van der Waals surface area contributed by atoms with Gasteiger partial charge >= 0.3 is 0 Å². The number of anilines is 1. The summed E-state index contributed by atoms with van der Waals surface area (Å²) in [6, 6.07) is 15.5. The fraction of sp³-hybridized carbons (Fsp3) is 0.211. The summed E-state index contributed by atoms with van der Waals surface area (Å²) in [5.74, 6) is 0.796. The van der Waals surface area contributed by atoms with Crippen LogP contribution in [0.5, 0.6) is 5.75 Å². The third-order valence-electron chi connectivity index (χ3n) is 3.67.